The molecule has 0 spiro atoms. The van der Waals surface area contributed by atoms with E-state index in [0.717, 1.165) is 38.0 Å². The summed E-state index contributed by atoms with van der Waals surface area (Å²) in [6.45, 7) is 2.49. The molecule has 18 heavy (non-hydrogen) atoms. The second-order valence-corrected chi connectivity index (χ2v) is 4.72. The molecule has 1 aromatic rings. The van der Waals surface area contributed by atoms with Crippen LogP contribution in [-0.2, 0) is 11.2 Å². The van der Waals surface area contributed by atoms with Crippen LogP contribution in [-0.4, -0.2) is 30.4 Å². The second kappa shape index (κ2) is 7.39. The van der Waals surface area contributed by atoms with E-state index in [4.69, 9.17) is 5.73 Å². The summed E-state index contributed by atoms with van der Waals surface area (Å²) in [7, 11) is 0. The average molecular weight is 269 g/mol. The van der Waals surface area contributed by atoms with Crippen molar-refractivity contribution < 1.29 is 4.79 Å². The summed E-state index contributed by atoms with van der Waals surface area (Å²) >= 11 is 0. The maximum atomic E-state index is 12.1. The Morgan fingerprint density at radius 2 is 1.83 bits per heavy atom. The van der Waals surface area contributed by atoms with E-state index in [-0.39, 0.29) is 18.3 Å². The molecule has 2 rings (SSSR count). The molecular weight excluding hydrogens is 248 g/mol. The molecule has 100 valence electrons. The van der Waals surface area contributed by atoms with Crippen LogP contribution < -0.4 is 5.73 Å². The maximum Gasteiger partial charge on any atom is 0.226 e. The highest BCUT2D eigenvalue weighted by Gasteiger charge is 2.21. The fraction of sp³-hybridized carbons (Fsp3) is 0.500. The first kappa shape index (κ1) is 15.0. The number of carbonyl (C=O) groups is 1. The van der Waals surface area contributed by atoms with Gasteiger partial charge >= 0.3 is 0 Å². The first-order chi connectivity index (χ1) is 8.29. The summed E-state index contributed by atoms with van der Waals surface area (Å²) in [6, 6.07) is 9.93. The van der Waals surface area contributed by atoms with Gasteiger partial charge in [-0.2, -0.15) is 0 Å². The number of amides is 1. The molecule has 0 aliphatic carbocycles. The number of nitrogens with two attached hydrogens (primary N) is 1. The molecule has 0 aromatic heterocycles. The van der Waals surface area contributed by atoms with Crippen molar-refractivity contribution in [3.05, 3.63) is 35.9 Å². The third kappa shape index (κ3) is 4.00. The van der Waals surface area contributed by atoms with Crippen molar-refractivity contribution in [3.8, 4) is 0 Å². The summed E-state index contributed by atoms with van der Waals surface area (Å²) < 4.78 is 0. The molecule has 4 heteroatoms. The van der Waals surface area contributed by atoms with Gasteiger partial charge in [0.1, 0.15) is 0 Å². The number of carbonyl (C=O) groups excluding carboxylic acids is 1. The van der Waals surface area contributed by atoms with Crippen molar-refractivity contribution in [1.29, 1.82) is 0 Å². The Bertz CT molecular complexity index is 361. The SMILES string of the molecule is Cl.NCC1CCN(C(=O)Cc2ccccc2)CC1. The quantitative estimate of drug-likeness (QED) is 0.909. The normalized spacial score (nSPS) is 16.2. The summed E-state index contributed by atoms with van der Waals surface area (Å²) in [4.78, 5) is 14.0. The van der Waals surface area contributed by atoms with Gasteiger partial charge in [-0.1, -0.05) is 30.3 Å². The molecule has 3 nitrogen and oxygen atoms in total. The predicted octanol–water partition coefficient (Wildman–Crippen LogP) is 1.85. The van der Waals surface area contributed by atoms with E-state index in [1.807, 2.05) is 35.2 Å². The molecule has 1 saturated heterocycles. The number of halogens is 1. The van der Waals surface area contributed by atoms with Gasteiger partial charge in [-0.3, -0.25) is 4.79 Å². The van der Waals surface area contributed by atoms with Crippen LogP contribution in [0.25, 0.3) is 0 Å². The van der Waals surface area contributed by atoms with E-state index < -0.39 is 0 Å². The van der Waals surface area contributed by atoms with Crippen molar-refractivity contribution in [1.82, 2.24) is 4.90 Å². The molecule has 0 atom stereocenters. The van der Waals surface area contributed by atoms with E-state index >= 15 is 0 Å². The third-order valence-corrected chi connectivity index (χ3v) is 3.50. The first-order valence-electron chi connectivity index (χ1n) is 6.31. The number of nitrogens with zero attached hydrogens (tertiary/aromatic N) is 1. The van der Waals surface area contributed by atoms with Crippen LogP contribution in [0.2, 0.25) is 0 Å². The Hall–Kier alpha value is -1.06. The van der Waals surface area contributed by atoms with Crippen molar-refractivity contribution in [2.45, 2.75) is 19.3 Å². The van der Waals surface area contributed by atoms with Gasteiger partial charge in [0.25, 0.3) is 0 Å². The highest BCUT2D eigenvalue weighted by atomic mass is 35.5. The largest absolute Gasteiger partial charge is 0.342 e. The monoisotopic (exact) mass is 268 g/mol. The number of rotatable bonds is 3. The minimum absolute atomic E-state index is 0. The van der Waals surface area contributed by atoms with Crippen LogP contribution in [0, 0.1) is 5.92 Å². The molecule has 0 radical (unpaired) electrons. The van der Waals surface area contributed by atoms with Crippen LogP contribution in [0.5, 0.6) is 0 Å². The lowest BCUT2D eigenvalue weighted by atomic mass is 9.96. The Balaban J connectivity index is 0.00000162. The minimum atomic E-state index is 0. The topological polar surface area (TPSA) is 46.3 Å². The number of likely N-dealkylation sites (tertiary alicyclic amines) is 1. The molecule has 0 unspecified atom stereocenters. The number of hydrogen-bond acceptors (Lipinski definition) is 2. The molecule has 0 bridgehead atoms. The number of benzene rings is 1. The van der Waals surface area contributed by atoms with E-state index in [1.54, 1.807) is 0 Å². The van der Waals surface area contributed by atoms with Crippen molar-refractivity contribution in [3.63, 3.8) is 0 Å². The van der Waals surface area contributed by atoms with Crippen molar-refractivity contribution in [2.75, 3.05) is 19.6 Å². The van der Waals surface area contributed by atoms with Gasteiger partial charge in [0.2, 0.25) is 5.91 Å². The molecule has 2 N–H and O–H groups in total. The predicted molar refractivity (Wildman–Crippen MR) is 75.8 cm³/mol. The fourth-order valence-electron chi connectivity index (χ4n) is 2.30. The summed E-state index contributed by atoms with van der Waals surface area (Å²) in [6.07, 6.45) is 2.63. The van der Waals surface area contributed by atoms with Gasteiger partial charge in [-0.25, -0.2) is 0 Å². The van der Waals surface area contributed by atoms with Gasteiger partial charge in [-0.05, 0) is 30.9 Å². The first-order valence-corrected chi connectivity index (χ1v) is 6.31. The zero-order valence-electron chi connectivity index (χ0n) is 10.5. The smallest absolute Gasteiger partial charge is 0.226 e. The number of hydrogen-bond donors (Lipinski definition) is 1. The summed E-state index contributed by atoms with van der Waals surface area (Å²) in [5.74, 6) is 0.849. The fourth-order valence-corrected chi connectivity index (χ4v) is 2.30. The van der Waals surface area contributed by atoms with Crippen LogP contribution in [0.15, 0.2) is 30.3 Å². The molecule has 1 heterocycles. The van der Waals surface area contributed by atoms with Gasteiger partial charge in [0.05, 0.1) is 6.42 Å². The van der Waals surface area contributed by atoms with E-state index in [0.29, 0.717) is 12.3 Å². The molecule has 0 saturated carbocycles. The molecular formula is C14H21ClN2O. The Labute approximate surface area is 115 Å². The van der Waals surface area contributed by atoms with Gasteiger partial charge in [0.15, 0.2) is 0 Å². The minimum Gasteiger partial charge on any atom is -0.342 e. The van der Waals surface area contributed by atoms with Crippen LogP contribution in [0.4, 0.5) is 0 Å². The maximum absolute atomic E-state index is 12.1. The molecule has 1 fully saturated rings. The summed E-state index contributed by atoms with van der Waals surface area (Å²) in [5, 5.41) is 0. The Morgan fingerprint density at radius 3 is 2.39 bits per heavy atom. The molecule has 1 amide bonds. The van der Waals surface area contributed by atoms with E-state index in [2.05, 4.69) is 0 Å². The second-order valence-electron chi connectivity index (χ2n) is 4.72. The van der Waals surface area contributed by atoms with Crippen LogP contribution in [0.3, 0.4) is 0 Å². The number of piperidine rings is 1. The average Bonchev–Trinajstić information content (AvgIpc) is 2.40. The van der Waals surface area contributed by atoms with Crippen LogP contribution in [0.1, 0.15) is 18.4 Å². The molecule has 1 aromatic carbocycles. The zero-order chi connectivity index (χ0) is 12.1. The zero-order valence-corrected chi connectivity index (χ0v) is 11.4. The van der Waals surface area contributed by atoms with Gasteiger partial charge in [-0.15, -0.1) is 12.4 Å². The Kier molecular flexibility index (Phi) is 6.16. The lowest BCUT2D eigenvalue weighted by Crippen LogP contribution is -2.40. The third-order valence-electron chi connectivity index (χ3n) is 3.50. The van der Waals surface area contributed by atoms with E-state index in [1.165, 1.54) is 0 Å². The van der Waals surface area contributed by atoms with Crippen LogP contribution >= 0.6 is 12.4 Å². The lowest BCUT2D eigenvalue weighted by Gasteiger charge is -2.31. The van der Waals surface area contributed by atoms with Gasteiger partial charge < -0.3 is 10.6 Å². The van der Waals surface area contributed by atoms with Crippen molar-refractivity contribution >= 4 is 18.3 Å². The highest BCUT2D eigenvalue weighted by Crippen LogP contribution is 2.16. The Morgan fingerprint density at radius 1 is 1.22 bits per heavy atom. The molecule has 1 aliphatic rings. The van der Waals surface area contributed by atoms with E-state index in [9.17, 15) is 4.79 Å². The standard InChI is InChI=1S/C14H20N2O.ClH/c15-11-13-6-8-16(9-7-13)14(17)10-12-4-2-1-3-5-12;/h1-5,13H,6-11,15H2;1H. The van der Waals surface area contributed by atoms with Crippen molar-refractivity contribution in [2.24, 2.45) is 11.7 Å². The lowest BCUT2D eigenvalue weighted by molar-refractivity contribution is -0.131. The highest BCUT2D eigenvalue weighted by molar-refractivity contribution is 5.85. The molecule has 1 aliphatic heterocycles. The summed E-state index contributed by atoms with van der Waals surface area (Å²) in [5.41, 5.74) is 6.74. The van der Waals surface area contributed by atoms with Gasteiger partial charge in [0, 0.05) is 13.1 Å².